The van der Waals surface area contributed by atoms with Gasteiger partial charge in [0.2, 0.25) is 5.91 Å². The molecule has 0 aliphatic rings. The molecule has 2 aromatic rings. The van der Waals surface area contributed by atoms with Crippen molar-refractivity contribution in [3.8, 4) is 11.5 Å². The summed E-state index contributed by atoms with van der Waals surface area (Å²) in [5.74, 6) is 1.05. The molecule has 0 bridgehead atoms. The molecule has 0 saturated heterocycles. The zero-order valence-electron chi connectivity index (χ0n) is 21.3. The quantitative estimate of drug-likeness (QED) is 0.268. The highest BCUT2D eigenvalue weighted by molar-refractivity contribution is 5.82. The number of phenolic OH excluding ortho intramolecular Hbond substituents is 1. The lowest BCUT2D eigenvalue weighted by molar-refractivity contribution is -0.121. The summed E-state index contributed by atoms with van der Waals surface area (Å²) in [5, 5.41) is 14.9. The third kappa shape index (κ3) is 8.23. The molecule has 5 heteroatoms. The topological polar surface area (TPSA) is 70.9 Å². The fourth-order valence-corrected chi connectivity index (χ4v) is 3.46. The summed E-state index contributed by atoms with van der Waals surface area (Å²) in [4.78, 5) is 12.3. The van der Waals surface area contributed by atoms with Gasteiger partial charge in [0.05, 0.1) is 12.8 Å². The third-order valence-electron chi connectivity index (χ3n) is 5.48. The van der Waals surface area contributed by atoms with E-state index < -0.39 is 0 Å². The van der Waals surface area contributed by atoms with Gasteiger partial charge in [-0.2, -0.15) is 5.10 Å². The van der Waals surface area contributed by atoms with Crippen LogP contribution in [0.25, 0.3) is 0 Å². The largest absolute Gasteiger partial charge is 0.507 e. The van der Waals surface area contributed by atoms with E-state index in [1.165, 1.54) is 0 Å². The number of carbonyl (C=O) groups excluding carboxylic acids is 1. The molecule has 0 heterocycles. The Bertz CT molecular complexity index is 914. The van der Waals surface area contributed by atoms with Gasteiger partial charge in [-0.25, -0.2) is 5.43 Å². The maximum atomic E-state index is 12.3. The Labute approximate surface area is 199 Å². The second-order valence-corrected chi connectivity index (χ2v) is 10.6. The molecule has 0 aromatic heterocycles. The molecular formula is C28H40N2O3. The first-order chi connectivity index (χ1) is 15.4. The summed E-state index contributed by atoms with van der Waals surface area (Å²) in [6, 6.07) is 11.7. The molecular weight excluding hydrogens is 412 g/mol. The van der Waals surface area contributed by atoms with Gasteiger partial charge < -0.3 is 9.84 Å². The van der Waals surface area contributed by atoms with Gasteiger partial charge >= 0.3 is 0 Å². The average molecular weight is 453 g/mol. The molecule has 33 heavy (non-hydrogen) atoms. The smallest absolute Gasteiger partial charge is 0.240 e. The van der Waals surface area contributed by atoms with Gasteiger partial charge in [0.1, 0.15) is 11.5 Å². The highest BCUT2D eigenvalue weighted by Gasteiger charge is 2.26. The van der Waals surface area contributed by atoms with Crippen LogP contribution in [-0.2, 0) is 22.0 Å². The fourth-order valence-electron chi connectivity index (χ4n) is 3.46. The molecule has 0 unspecified atom stereocenters. The van der Waals surface area contributed by atoms with Crippen molar-refractivity contribution >= 4 is 12.1 Å². The van der Waals surface area contributed by atoms with Crippen LogP contribution < -0.4 is 10.2 Å². The van der Waals surface area contributed by atoms with Gasteiger partial charge in [0, 0.05) is 6.42 Å². The Hall–Kier alpha value is -2.82. The summed E-state index contributed by atoms with van der Waals surface area (Å²) in [7, 11) is 0. The van der Waals surface area contributed by atoms with Crippen molar-refractivity contribution in [2.24, 2.45) is 5.10 Å². The molecule has 2 rings (SSSR count). The van der Waals surface area contributed by atoms with Crippen LogP contribution in [0, 0.1) is 0 Å². The molecule has 180 valence electrons. The maximum absolute atomic E-state index is 12.3. The van der Waals surface area contributed by atoms with Crippen LogP contribution in [0.5, 0.6) is 11.5 Å². The van der Waals surface area contributed by atoms with Gasteiger partial charge in [-0.1, -0.05) is 67.0 Å². The lowest BCUT2D eigenvalue weighted by Gasteiger charge is -2.28. The van der Waals surface area contributed by atoms with E-state index in [-0.39, 0.29) is 16.7 Å². The van der Waals surface area contributed by atoms with Gasteiger partial charge in [0.25, 0.3) is 0 Å². The minimum atomic E-state index is -0.191. The lowest BCUT2D eigenvalue weighted by atomic mass is 9.78. The second-order valence-electron chi connectivity index (χ2n) is 10.6. The molecule has 0 radical (unpaired) electrons. The highest BCUT2D eigenvalue weighted by Crippen LogP contribution is 2.39. The van der Waals surface area contributed by atoms with Crippen molar-refractivity contribution in [2.45, 2.75) is 85.0 Å². The third-order valence-corrected chi connectivity index (χ3v) is 5.48. The molecule has 0 saturated carbocycles. The summed E-state index contributed by atoms with van der Waals surface area (Å²) in [6.45, 7) is 15.4. The number of hydrazone groups is 1. The number of carbonyl (C=O) groups is 1. The van der Waals surface area contributed by atoms with Crippen molar-refractivity contribution in [3.63, 3.8) is 0 Å². The van der Waals surface area contributed by atoms with Crippen molar-refractivity contribution in [3.05, 3.63) is 58.7 Å². The molecule has 2 N–H and O–H groups in total. The summed E-state index contributed by atoms with van der Waals surface area (Å²) in [5.41, 5.74) is 5.97. The number of aromatic hydroxyl groups is 1. The van der Waals surface area contributed by atoms with Crippen molar-refractivity contribution in [1.29, 1.82) is 0 Å². The number of hydrogen-bond acceptors (Lipinski definition) is 4. The zero-order chi connectivity index (χ0) is 24.6. The molecule has 1 amide bonds. The highest BCUT2D eigenvalue weighted by atomic mass is 16.5. The van der Waals surface area contributed by atoms with Crippen LogP contribution in [-0.4, -0.2) is 23.8 Å². The first kappa shape index (κ1) is 26.4. The number of aryl methyl sites for hydroxylation is 1. The number of phenols is 1. The van der Waals surface area contributed by atoms with Gasteiger partial charge in [-0.05, 0) is 70.2 Å². The van der Waals surface area contributed by atoms with E-state index in [9.17, 15) is 9.90 Å². The molecule has 0 fully saturated rings. The van der Waals surface area contributed by atoms with Crippen LogP contribution in [0.2, 0.25) is 0 Å². The van der Waals surface area contributed by atoms with E-state index in [1.54, 1.807) is 6.21 Å². The van der Waals surface area contributed by atoms with Crippen LogP contribution in [0.4, 0.5) is 0 Å². The van der Waals surface area contributed by atoms with E-state index in [2.05, 4.69) is 59.0 Å². The summed E-state index contributed by atoms with van der Waals surface area (Å²) < 4.78 is 5.65. The fraction of sp³-hybridized carbons (Fsp3) is 0.500. The van der Waals surface area contributed by atoms with E-state index in [0.717, 1.165) is 47.5 Å². The van der Waals surface area contributed by atoms with Crippen molar-refractivity contribution < 1.29 is 14.6 Å². The number of ether oxygens (including phenoxy) is 1. The minimum absolute atomic E-state index is 0.145. The first-order valence-corrected chi connectivity index (χ1v) is 11.8. The standard InChI is InChI=1S/C28H40N2O3/c1-8-9-16-33-22-13-10-20(11-14-22)19-29-30-25(31)15-12-21-17-23(27(2,3)4)26(32)24(18-21)28(5,6)7/h10-11,13-14,17-19,32H,8-9,12,15-16H2,1-7H3,(H,30,31)/b29-19-. The Morgan fingerprint density at radius 1 is 1.03 bits per heavy atom. The number of amides is 1. The van der Waals surface area contributed by atoms with Gasteiger partial charge in [-0.15, -0.1) is 0 Å². The Morgan fingerprint density at radius 3 is 2.12 bits per heavy atom. The Morgan fingerprint density at radius 2 is 1.61 bits per heavy atom. The van der Waals surface area contributed by atoms with Gasteiger partial charge in [0.15, 0.2) is 0 Å². The molecule has 0 atom stereocenters. The number of nitrogens with one attached hydrogen (secondary N) is 1. The predicted octanol–water partition coefficient (Wildman–Crippen LogP) is 6.25. The Balaban J connectivity index is 1.97. The number of hydrogen-bond donors (Lipinski definition) is 2. The number of benzene rings is 2. The SMILES string of the molecule is CCCCOc1ccc(/C=N\NC(=O)CCc2cc(C(C)(C)C)c(O)c(C(C)(C)C)c2)cc1. The number of unbranched alkanes of at least 4 members (excludes halogenated alkanes) is 1. The lowest BCUT2D eigenvalue weighted by Crippen LogP contribution is -2.20. The minimum Gasteiger partial charge on any atom is -0.507 e. The summed E-state index contributed by atoms with van der Waals surface area (Å²) >= 11 is 0. The van der Waals surface area contributed by atoms with Crippen LogP contribution in [0.15, 0.2) is 41.5 Å². The molecule has 5 nitrogen and oxygen atoms in total. The molecule has 0 aliphatic carbocycles. The van der Waals surface area contributed by atoms with E-state index >= 15 is 0 Å². The number of rotatable bonds is 9. The molecule has 2 aromatic carbocycles. The van der Waals surface area contributed by atoms with E-state index in [0.29, 0.717) is 18.6 Å². The molecule has 0 aliphatic heterocycles. The average Bonchev–Trinajstić information content (AvgIpc) is 2.72. The maximum Gasteiger partial charge on any atom is 0.240 e. The van der Waals surface area contributed by atoms with Crippen LogP contribution in [0.3, 0.4) is 0 Å². The normalized spacial score (nSPS) is 12.2. The predicted molar refractivity (Wildman–Crippen MR) is 136 cm³/mol. The monoisotopic (exact) mass is 452 g/mol. The van der Waals surface area contributed by atoms with E-state index in [4.69, 9.17) is 4.74 Å². The van der Waals surface area contributed by atoms with Crippen LogP contribution >= 0.6 is 0 Å². The first-order valence-electron chi connectivity index (χ1n) is 11.8. The zero-order valence-corrected chi connectivity index (χ0v) is 21.3. The van der Waals surface area contributed by atoms with Crippen LogP contribution in [0.1, 0.15) is 90.0 Å². The van der Waals surface area contributed by atoms with Crippen molar-refractivity contribution in [1.82, 2.24) is 5.43 Å². The molecule has 0 spiro atoms. The van der Waals surface area contributed by atoms with Crippen molar-refractivity contribution in [2.75, 3.05) is 6.61 Å². The van der Waals surface area contributed by atoms with Gasteiger partial charge in [-0.3, -0.25) is 4.79 Å². The van der Waals surface area contributed by atoms with E-state index in [1.807, 2.05) is 36.4 Å². The Kier molecular flexibility index (Phi) is 9.09. The number of nitrogens with zero attached hydrogens (tertiary/aromatic N) is 1. The summed E-state index contributed by atoms with van der Waals surface area (Å²) in [6.07, 6.45) is 4.67. The second kappa shape index (κ2) is 11.4.